The van der Waals surface area contributed by atoms with E-state index in [4.69, 9.17) is 6.58 Å². The molecule has 0 saturated heterocycles. The molecule has 0 aromatic rings. The van der Waals surface area contributed by atoms with Crippen molar-refractivity contribution in [1.82, 2.24) is 0 Å². The van der Waals surface area contributed by atoms with Gasteiger partial charge in [0.25, 0.3) is 0 Å². The first-order chi connectivity index (χ1) is 3.81. The van der Waals surface area contributed by atoms with Crippen LogP contribution in [0.1, 0.15) is 13.8 Å². The molecule has 0 N–H and O–H groups in total. The summed E-state index contributed by atoms with van der Waals surface area (Å²) < 4.78 is 0. The minimum absolute atomic E-state index is 1.09. The molecule has 0 unspecified atom stereocenters. The van der Waals surface area contributed by atoms with Gasteiger partial charge in [-0.05, 0) is 13.8 Å². The van der Waals surface area contributed by atoms with Crippen molar-refractivity contribution in [2.24, 2.45) is 0 Å². The van der Waals surface area contributed by atoms with E-state index in [2.05, 4.69) is 0 Å². The van der Waals surface area contributed by atoms with E-state index < -0.39 is 0 Å². The minimum atomic E-state index is 1.09. The molecular formula is C8H11. The smallest absolute Gasteiger partial charge is 0.0398 e. The average molecular weight is 107 g/mol. The van der Waals surface area contributed by atoms with E-state index in [1.807, 2.05) is 32.1 Å². The van der Waals surface area contributed by atoms with Crippen LogP contribution in [0.3, 0.4) is 0 Å². The third-order valence-electron chi connectivity index (χ3n) is 0.814. The highest BCUT2D eigenvalue weighted by Gasteiger charge is 1.70. The van der Waals surface area contributed by atoms with Crippen LogP contribution in [0.4, 0.5) is 0 Å². The Hall–Kier alpha value is -0.780. The summed E-state index contributed by atoms with van der Waals surface area (Å²) in [4.78, 5) is 0. The fourth-order valence-electron chi connectivity index (χ4n) is 0.304. The maximum atomic E-state index is 5.19. The molecule has 0 aliphatic rings. The van der Waals surface area contributed by atoms with Gasteiger partial charge in [0.05, 0.1) is 0 Å². The minimum Gasteiger partial charge on any atom is -0.0877 e. The highest BCUT2D eigenvalue weighted by Crippen LogP contribution is 1.91. The Balaban J connectivity index is 3.74. The monoisotopic (exact) mass is 107 g/mol. The van der Waals surface area contributed by atoms with Crippen LogP contribution in [-0.2, 0) is 0 Å². The molecule has 1 radical (unpaired) electrons. The van der Waals surface area contributed by atoms with Gasteiger partial charge in [-0.1, -0.05) is 36.5 Å². The van der Waals surface area contributed by atoms with Gasteiger partial charge < -0.3 is 0 Å². The van der Waals surface area contributed by atoms with Crippen LogP contribution in [0.5, 0.6) is 0 Å². The van der Waals surface area contributed by atoms with E-state index in [1.165, 1.54) is 0 Å². The van der Waals surface area contributed by atoms with Gasteiger partial charge in [0.1, 0.15) is 0 Å². The summed E-state index contributed by atoms with van der Waals surface area (Å²) in [6.45, 7) is 9.12. The van der Waals surface area contributed by atoms with Crippen molar-refractivity contribution in [3.8, 4) is 0 Å². The fraction of sp³-hybridized carbons (Fsp3) is 0.250. The third-order valence-corrected chi connectivity index (χ3v) is 0.814. The zero-order valence-electron chi connectivity index (χ0n) is 5.39. The van der Waals surface area contributed by atoms with Crippen molar-refractivity contribution >= 4 is 0 Å². The Morgan fingerprint density at radius 1 is 1.50 bits per heavy atom. The van der Waals surface area contributed by atoms with E-state index in [0.29, 0.717) is 0 Å². The predicted octanol–water partition coefficient (Wildman–Crippen LogP) is 2.50. The Morgan fingerprint density at radius 2 is 2.12 bits per heavy atom. The first kappa shape index (κ1) is 7.22. The standard InChI is InChI=1S/C8H11/c1-4-6-7-8(3)5-2/h2,4-7H,1,3H3/b5-2?,6-4+,8-7+. The van der Waals surface area contributed by atoms with Gasteiger partial charge in [0, 0.05) is 0 Å². The van der Waals surface area contributed by atoms with Crippen LogP contribution in [0.2, 0.25) is 0 Å². The Morgan fingerprint density at radius 3 is 2.50 bits per heavy atom. The van der Waals surface area contributed by atoms with Crippen LogP contribution in [-0.4, -0.2) is 0 Å². The molecular weight excluding hydrogens is 96.1 g/mol. The van der Waals surface area contributed by atoms with Crippen molar-refractivity contribution < 1.29 is 0 Å². The van der Waals surface area contributed by atoms with E-state index in [1.54, 1.807) is 6.08 Å². The normalized spacial score (nSPS) is 12.5. The molecule has 0 heterocycles. The zero-order chi connectivity index (χ0) is 6.41. The van der Waals surface area contributed by atoms with Crippen molar-refractivity contribution in [1.29, 1.82) is 0 Å². The predicted molar refractivity (Wildman–Crippen MR) is 37.4 cm³/mol. The van der Waals surface area contributed by atoms with Crippen LogP contribution in [0.15, 0.2) is 29.9 Å². The second-order valence-corrected chi connectivity index (χ2v) is 1.60. The van der Waals surface area contributed by atoms with Gasteiger partial charge >= 0.3 is 0 Å². The molecule has 8 heavy (non-hydrogen) atoms. The Kier molecular flexibility index (Phi) is 3.95. The molecule has 0 bridgehead atoms. The van der Waals surface area contributed by atoms with Crippen LogP contribution < -0.4 is 0 Å². The van der Waals surface area contributed by atoms with E-state index >= 15 is 0 Å². The quantitative estimate of drug-likeness (QED) is 0.475. The molecule has 0 aliphatic heterocycles. The lowest BCUT2D eigenvalue weighted by atomic mass is 10.3. The van der Waals surface area contributed by atoms with Gasteiger partial charge in [-0.3, -0.25) is 0 Å². The van der Waals surface area contributed by atoms with E-state index in [0.717, 1.165) is 5.57 Å². The molecule has 0 saturated carbocycles. The molecule has 0 nitrogen and oxygen atoms in total. The lowest BCUT2D eigenvalue weighted by Gasteiger charge is -1.81. The Labute approximate surface area is 51.2 Å². The molecule has 0 atom stereocenters. The van der Waals surface area contributed by atoms with Gasteiger partial charge in [0.15, 0.2) is 0 Å². The number of rotatable bonds is 2. The molecule has 0 spiro atoms. The van der Waals surface area contributed by atoms with Crippen LogP contribution >= 0.6 is 0 Å². The molecule has 0 rings (SSSR count). The molecule has 0 aliphatic carbocycles. The number of hydrogen-bond acceptors (Lipinski definition) is 0. The summed E-state index contributed by atoms with van der Waals surface area (Å²) in [7, 11) is 0. The third kappa shape index (κ3) is 3.41. The molecule has 0 aromatic carbocycles. The van der Waals surface area contributed by atoms with Crippen molar-refractivity contribution in [3.63, 3.8) is 0 Å². The second kappa shape index (κ2) is 4.38. The molecule has 43 valence electrons. The summed E-state index contributed by atoms with van der Waals surface area (Å²) in [5.74, 6) is 0. The van der Waals surface area contributed by atoms with Gasteiger partial charge in [-0.2, -0.15) is 0 Å². The lowest BCUT2D eigenvalue weighted by Crippen LogP contribution is -1.60. The van der Waals surface area contributed by atoms with Crippen LogP contribution in [0.25, 0.3) is 0 Å². The SMILES string of the molecule is [CH]=C/C(C)=C/C=C/C. The van der Waals surface area contributed by atoms with E-state index in [9.17, 15) is 0 Å². The van der Waals surface area contributed by atoms with Gasteiger partial charge in [0.2, 0.25) is 0 Å². The maximum Gasteiger partial charge on any atom is -0.0398 e. The van der Waals surface area contributed by atoms with E-state index in [-0.39, 0.29) is 0 Å². The first-order valence-corrected chi connectivity index (χ1v) is 2.65. The molecule has 0 amide bonds. The number of hydrogen-bond donors (Lipinski definition) is 0. The molecule has 0 fully saturated rings. The highest BCUT2D eigenvalue weighted by atomic mass is 13.8. The van der Waals surface area contributed by atoms with Crippen molar-refractivity contribution in [2.75, 3.05) is 0 Å². The van der Waals surface area contributed by atoms with Crippen molar-refractivity contribution in [3.05, 3.63) is 36.5 Å². The lowest BCUT2D eigenvalue weighted by molar-refractivity contribution is 1.52. The Bertz CT molecular complexity index is 116. The summed E-state index contributed by atoms with van der Waals surface area (Å²) >= 11 is 0. The topological polar surface area (TPSA) is 0 Å². The number of allylic oxidation sites excluding steroid dienone is 5. The highest BCUT2D eigenvalue weighted by molar-refractivity contribution is 5.18. The van der Waals surface area contributed by atoms with Gasteiger partial charge in [-0.15, -0.1) is 0 Å². The summed E-state index contributed by atoms with van der Waals surface area (Å²) in [5, 5.41) is 0. The second-order valence-electron chi connectivity index (χ2n) is 1.60. The first-order valence-electron chi connectivity index (χ1n) is 2.65. The summed E-state index contributed by atoms with van der Waals surface area (Å²) in [6, 6.07) is 0. The molecule has 0 aromatic heterocycles. The van der Waals surface area contributed by atoms with Gasteiger partial charge in [-0.25, -0.2) is 0 Å². The summed E-state index contributed by atoms with van der Waals surface area (Å²) in [6.07, 6.45) is 7.46. The summed E-state index contributed by atoms with van der Waals surface area (Å²) in [5.41, 5.74) is 1.09. The largest absolute Gasteiger partial charge is 0.0877 e. The van der Waals surface area contributed by atoms with Crippen LogP contribution in [0, 0.1) is 6.58 Å². The fourth-order valence-corrected chi connectivity index (χ4v) is 0.304. The maximum absolute atomic E-state index is 5.19. The zero-order valence-corrected chi connectivity index (χ0v) is 5.39. The molecule has 0 heteroatoms. The average Bonchev–Trinajstić information content (AvgIpc) is 1.83. The van der Waals surface area contributed by atoms with Crippen molar-refractivity contribution in [2.45, 2.75) is 13.8 Å².